The quantitative estimate of drug-likeness (QED) is 0.645. The van der Waals surface area contributed by atoms with Crippen LogP contribution in [0.15, 0.2) is 66.7 Å². The van der Waals surface area contributed by atoms with E-state index in [4.69, 9.17) is 0 Å². The zero-order valence-electron chi connectivity index (χ0n) is 18.1. The molecular formula is C25H23N3O4S. The molecule has 0 bridgehead atoms. The summed E-state index contributed by atoms with van der Waals surface area (Å²) in [4.78, 5) is 27.5. The van der Waals surface area contributed by atoms with Crippen LogP contribution >= 0.6 is 0 Å². The van der Waals surface area contributed by atoms with Crippen LogP contribution in [0, 0.1) is 0 Å². The molecule has 0 saturated heterocycles. The monoisotopic (exact) mass is 461 g/mol. The van der Waals surface area contributed by atoms with E-state index in [0.29, 0.717) is 42.0 Å². The number of rotatable bonds is 4. The highest BCUT2D eigenvalue weighted by molar-refractivity contribution is 7.92. The lowest BCUT2D eigenvalue weighted by Crippen LogP contribution is -2.28. The Balaban J connectivity index is 1.28. The molecule has 3 aromatic carbocycles. The molecule has 3 aromatic rings. The number of para-hydroxylation sites is 1. The van der Waals surface area contributed by atoms with Crippen molar-refractivity contribution in [2.45, 2.75) is 12.8 Å². The summed E-state index contributed by atoms with van der Waals surface area (Å²) in [6.45, 7) is 1.04. The fraction of sp³-hybridized carbons (Fsp3) is 0.200. The first-order valence-electron chi connectivity index (χ1n) is 10.7. The van der Waals surface area contributed by atoms with Gasteiger partial charge in [0.25, 0.3) is 11.8 Å². The van der Waals surface area contributed by atoms with Gasteiger partial charge in [-0.2, -0.15) is 0 Å². The number of nitrogens with zero attached hydrogens (tertiary/aromatic N) is 2. The second-order valence-corrected chi connectivity index (χ2v) is 10.2. The molecule has 5 rings (SSSR count). The van der Waals surface area contributed by atoms with Crippen LogP contribution < -0.4 is 14.5 Å². The van der Waals surface area contributed by atoms with Crippen molar-refractivity contribution in [2.24, 2.45) is 0 Å². The zero-order valence-corrected chi connectivity index (χ0v) is 18.9. The molecule has 0 radical (unpaired) electrons. The topological polar surface area (TPSA) is 86.8 Å². The number of carbonyl (C=O) groups excluding carboxylic acids is 2. The molecular weight excluding hydrogens is 438 g/mol. The molecule has 168 valence electrons. The Morgan fingerprint density at radius 2 is 1.52 bits per heavy atom. The maximum absolute atomic E-state index is 13.0. The minimum Gasteiger partial charge on any atom is -0.322 e. The van der Waals surface area contributed by atoms with Crippen LogP contribution in [-0.4, -0.2) is 39.6 Å². The van der Waals surface area contributed by atoms with Crippen molar-refractivity contribution in [3.8, 4) is 0 Å². The number of benzene rings is 3. The van der Waals surface area contributed by atoms with E-state index in [2.05, 4.69) is 5.32 Å². The van der Waals surface area contributed by atoms with Crippen LogP contribution in [0.1, 0.15) is 31.8 Å². The molecule has 0 saturated carbocycles. The largest absolute Gasteiger partial charge is 0.322 e. The summed E-state index contributed by atoms with van der Waals surface area (Å²) in [7, 11) is -3.33. The average Bonchev–Trinajstić information content (AvgIpc) is 3.43. The first-order valence-corrected chi connectivity index (χ1v) is 12.6. The van der Waals surface area contributed by atoms with E-state index in [-0.39, 0.29) is 11.8 Å². The van der Waals surface area contributed by atoms with Crippen molar-refractivity contribution in [2.75, 3.05) is 33.9 Å². The third-order valence-electron chi connectivity index (χ3n) is 6.12. The lowest BCUT2D eigenvalue weighted by Gasteiger charge is -2.17. The Labute approximate surface area is 192 Å². The predicted octanol–water partition coefficient (Wildman–Crippen LogP) is 3.46. The number of anilines is 3. The van der Waals surface area contributed by atoms with Gasteiger partial charge in [0, 0.05) is 35.6 Å². The highest BCUT2D eigenvalue weighted by Gasteiger charge is 2.27. The summed E-state index contributed by atoms with van der Waals surface area (Å²) in [6, 6.07) is 19.8. The van der Waals surface area contributed by atoms with Gasteiger partial charge >= 0.3 is 0 Å². The average molecular weight is 462 g/mol. The van der Waals surface area contributed by atoms with Gasteiger partial charge in [0.05, 0.1) is 11.9 Å². The normalized spacial score (nSPS) is 14.7. The molecule has 0 spiro atoms. The second-order valence-electron chi connectivity index (χ2n) is 8.30. The number of sulfonamides is 1. The molecule has 0 atom stereocenters. The van der Waals surface area contributed by atoms with E-state index in [1.165, 1.54) is 16.1 Å². The summed E-state index contributed by atoms with van der Waals surface area (Å²) in [5.41, 5.74) is 5.17. The van der Waals surface area contributed by atoms with E-state index >= 15 is 0 Å². The third-order valence-corrected chi connectivity index (χ3v) is 7.30. The number of carbonyl (C=O) groups is 2. The molecule has 7 nitrogen and oxygen atoms in total. The van der Waals surface area contributed by atoms with Crippen molar-refractivity contribution < 1.29 is 18.0 Å². The van der Waals surface area contributed by atoms with Gasteiger partial charge < -0.3 is 10.2 Å². The minimum atomic E-state index is -3.33. The summed E-state index contributed by atoms with van der Waals surface area (Å²) in [5.74, 6) is -0.352. The van der Waals surface area contributed by atoms with E-state index in [1.807, 2.05) is 24.3 Å². The van der Waals surface area contributed by atoms with Gasteiger partial charge in [-0.15, -0.1) is 0 Å². The molecule has 2 heterocycles. The van der Waals surface area contributed by atoms with Crippen LogP contribution in [0.4, 0.5) is 17.1 Å². The first kappa shape index (κ1) is 21.2. The molecule has 2 aliphatic rings. The Morgan fingerprint density at radius 1 is 0.818 bits per heavy atom. The van der Waals surface area contributed by atoms with Gasteiger partial charge in [-0.05, 0) is 72.5 Å². The zero-order chi connectivity index (χ0) is 23.2. The molecule has 2 aliphatic heterocycles. The van der Waals surface area contributed by atoms with Crippen molar-refractivity contribution in [3.63, 3.8) is 0 Å². The number of amides is 2. The number of hydrogen-bond acceptors (Lipinski definition) is 4. The Kier molecular flexibility index (Phi) is 5.17. The van der Waals surface area contributed by atoms with Gasteiger partial charge in [0.1, 0.15) is 0 Å². The maximum Gasteiger partial charge on any atom is 0.258 e. The number of fused-ring (bicyclic) bond motifs is 2. The smallest absolute Gasteiger partial charge is 0.258 e. The van der Waals surface area contributed by atoms with E-state index < -0.39 is 10.0 Å². The highest BCUT2D eigenvalue weighted by Crippen LogP contribution is 2.31. The van der Waals surface area contributed by atoms with E-state index in [0.717, 1.165) is 17.7 Å². The molecule has 0 aromatic heterocycles. The van der Waals surface area contributed by atoms with Crippen molar-refractivity contribution in [1.29, 1.82) is 0 Å². The van der Waals surface area contributed by atoms with E-state index in [9.17, 15) is 18.0 Å². The third kappa shape index (κ3) is 3.98. The van der Waals surface area contributed by atoms with Crippen LogP contribution in [-0.2, 0) is 22.9 Å². The maximum atomic E-state index is 13.0. The fourth-order valence-corrected chi connectivity index (χ4v) is 5.42. The van der Waals surface area contributed by atoms with Gasteiger partial charge in [-0.1, -0.05) is 18.2 Å². The minimum absolute atomic E-state index is 0.0631. The van der Waals surface area contributed by atoms with Crippen molar-refractivity contribution in [1.82, 2.24) is 0 Å². The molecule has 8 heteroatoms. The summed E-state index contributed by atoms with van der Waals surface area (Å²) in [5, 5.41) is 2.85. The van der Waals surface area contributed by atoms with E-state index in [1.54, 1.807) is 47.4 Å². The number of nitrogens with one attached hydrogen (secondary N) is 1. The van der Waals surface area contributed by atoms with Crippen LogP contribution in [0.5, 0.6) is 0 Å². The summed E-state index contributed by atoms with van der Waals surface area (Å²) < 4.78 is 25.2. The molecule has 33 heavy (non-hydrogen) atoms. The van der Waals surface area contributed by atoms with Gasteiger partial charge in [-0.3, -0.25) is 13.9 Å². The van der Waals surface area contributed by atoms with Gasteiger partial charge in [-0.25, -0.2) is 8.42 Å². The lowest BCUT2D eigenvalue weighted by atomic mass is 10.1. The molecule has 0 aliphatic carbocycles. The summed E-state index contributed by atoms with van der Waals surface area (Å²) >= 11 is 0. The summed E-state index contributed by atoms with van der Waals surface area (Å²) in [6.07, 6.45) is 2.60. The molecule has 0 unspecified atom stereocenters. The lowest BCUT2D eigenvalue weighted by molar-refractivity contribution is 0.0988. The van der Waals surface area contributed by atoms with Crippen molar-refractivity contribution in [3.05, 3.63) is 89.0 Å². The Bertz CT molecular complexity index is 1370. The second kappa shape index (κ2) is 8.04. The molecule has 0 fully saturated rings. The first-order chi connectivity index (χ1) is 15.8. The molecule has 1 N–H and O–H groups in total. The fourth-order valence-electron chi connectivity index (χ4n) is 4.46. The van der Waals surface area contributed by atoms with Crippen LogP contribution in [0.25, 0.3) is 0 Å². The standard InChI is InChI=1S/C25H23N3O4S/c1-33(31,32)28-15-13-19-16-20(8-11-23(19)28)24(29)26-21-9-6-18(7-10-21)25(30)27-14-12-17-4-2-3-5-22(17)27/h2-11,16H,12-15H2,1H3,(H,26,29). The molecule has 2 amide bonds. The van der Waals surface area contributed by atoms with Crippen LogP contribution in [0.3, 0.4) is 0 Å². The highest BCUT2D eigenvalue weighted by atomic mass is 32.2. The van der Waals surface area contributed by atoms with Gasteiger partial charge in [0.2, 0.25) is 10.0 Å². The number of hydrogen-bond donors (Lipinski definition) is 1. The SMILES string of the molecule is CS(=O)(=O)N1CCc2cc(C(=O)Nc3ccc(C(=O)N4CCc5ccccc54)cc3)ccc21. The van der Waals surface area contributed by atoms with Gasteiger partial charge in [0.15, 0.2) is 0 Å². The van der Waals surface area contributed by atoms with Crippen LogP contribution in [0.2, 0.25) is 0 Å². The predicted molar refractivity (Wildman–Crippen MR) is 129 cm³/mol. The Hall–Kier alpha value is -3.65. The van der Waals surface area contributed by atoms with Crippen molar-refractivity contribution >= 4 is 38.9 Å². The Morgan fingerprint density at radius 3 is 2.27 bits per heavy atom.